The molecule has 2 aromatic heterocycles. The van der Waals surface area contributed by atoms with Crippen LogP contribution in [0.5, 0.6) is 0 Å². The van der Waals surface area contributed by atoms with Gasteiger partial charge in [-0.05, 0) is 0 Å². The fourth-order valence-corrected chi connectivity index (χ4v) is 2.09. The zero-order chi connectivity index (χ0) is 12.2. The molecule has 1 fully saturated rings. The third kappa shape index (κ3) is 2.71. The monoisotopic (exact) mass is 248 g/mol. The van der Waals surface area contributed by atoms with Gasteiger partial charge in [-0.25, -0.2) is 19.3 Å². The summed E-state index contributed by atoms with van der Waals surface area (Å²) in [5.74, 6) is 0. The Labute approximate surface area is 105 Å². The molecule has 0 N–H and O–H groups in total. The van der Waals surface area contributed by atoms with Gasteiger partial charge < -0.3 is 0 Å². The van der Waals surface area contributed by atoms with Gasteiger partial charge in [-0.15, -0.1) is 0 Å². The van der Waals surface area contributed by atoms with Crippen molar-refractivity contribution >= 4 is 0 Å². The van der Waals surface area contributed by atoms with Crippen LogP contribution in [0.3, 0.4) is 0 Å². The average Bonchev–Trinajstić information content (AvgIpc) is 3.05. The van der Waals surface area contributed by atoms with E-state index in [0.717, 1.165) is 39.5 Å². The fraction of sp³-hybridized carbons (Fsp3) is 0.600. The van der Waals surface area contributed by atoms with Crippen molar-refractivity contribution in [1.29, 1.82) is 0 Å². The van der Waals surface area contributed by atoms with Gasteiger partial charge in [0, 0.05) is 26.2 Å². The molecule has 1 aliphatic rings. The molecule has 1 aliphatic heterocycles. The van der Waals surface area contributed by atoms with Crippen LogP contribution in [-0.4, -0.2) is 65.5 Å². The van der Waals surface area contributed by atoms with Gasteiger partial charge in [-0.1, -0.05) is 0 Å². The van der Waals surface area contributed by atoms with E-state index < -0.39 is 0 Å². The Balaban J connectivity index is 1.46. The molecule has 0 aromatic carbocycles. The van der Waals surface area contributed by atoms with Crippen LogP contribution in [0.4, 0.5) is 0 Å². The van der Waals surface area contributed by atoms with E-state index in [-0.39, 0.29) is 0 Å². The molecule has 0 aliphatic carbocycles. The van der Waals surface area contributed by atoms with Crippen molar-refractivity contribution < 1.29 is 0 Å². The van der Waals surface area contributed by atoms with Gasteiger partial charge in [-0.3, -0.25) is 9.80 Å². The molecule has 3 rings (SSSR count). The summed E-state index contributed by atoms with van der Waals surface area (Å²) in [5, 5.41) is 8.24. The van der Waals surface area contributed by atoms with E-state index in [1.165, 1.54) is 0 Å². The fourth-order valence-electron chi connectivity index (χ4n) is 2.09. The van der Waals surface area contributed by atoms with E-state index >= 15 is 0 Å². The minimum Gasteiger partial charge on any atom is -0.282 e. The number of rotatable bonds is 4. The SMILES string of the molecule is c1ncn(CN2CCN(Cn3cncn3)CC2)n1. The molecule has 8 heteroatoms. The van der Waals surface area contributed by atoms with Crippen molar-refractivity contribution in [1.82, 2.24) is 39.3 Å². The number of piperazine rings is 1. The average molecular weight is 248 g/mol. The van der Waals surface area contributed by atoms with Crippen molar-refractivity contribution in [2.45, 2.75) is 13.3 Å². The predicted molar refractivity (Wildman–Crippen MR) is 63.2 cm³/mol. The van der Waals surface area contributed by atoms with Crippen LogP contribution in [0, 0.1) is 0 Å². The van der Waals surface area contributed by atoms with Crippen LogP contribution in [0.1, 0.15) is 0 Å². The van der Waals surface area contributed by atoms with Gasteiger partial charge in [0.25, 0.3) is 0 Å². The molecule has 0 spiro atoms. The van der Waals surface area contributed by atoms with Gasteiger partial charge >= 0.3 is 0 Å². The van der Waals surface area contributed by atoms with Crippen LogP contribution >= 0.6 is 0 Å². The first-order valence-electron chi connectivity index (χ1n) is 6.00. The van der Waals surface area contributed by atoms with Crippen LogP contribution in [0.25, 0.3) is 0 Å². The maximum atomic E-state index is 4.12. The number of aromatic nitrogens is 6. The van der Waals surface area contributed by atoms with Crippen molar-refractivity contribution in [2.24, 2.45) is 0 Å². The first-order chi connectivity index (χ1) is 8.90. The molecule has 0 radical (unpaired) electrons. The lowest BCUT2D eigenvalue weighted by Crippen LogP contribution is -2.47. The van der Waals surface area contributed by atoms with Crippen molar-refractivity contribution in [3.63, 3.8) is 0 Å². The minimum absolute atomic E-state index is 0.817. The highest BCUT2D eigenvalue weighted by atomic mass is 15.4. The first kappa shape index (κ1) is 11.3. The largest absolute Gasteiger partial charge is 0.282 e. The van der Waals surface area contributed by atoms with E-state index in [9.17, 15) is 0 Å². The van der Waals surface area contributed by atoms with Crippen LogP contribution in [0.15, 0.2) is 25.3 Å². The summed E-state index contributed by atoms with van der Waals surface area (Å²) in [4.78, 5) is 12.6. The Hall–Kier alpha value is -1.80. The molecule has 18 heavy (non-hydrogen) atoms. The Morgan fingerprint density at radius 3 is 1.50 bits per heavy atom. The van der Waals surface area contributed by atoms with E-state index in [1.54, 1.807) is 25.3 Å². The normalized spacial score (nSPS) is 18.2. The molecule has 0 atom stereocenters. The van der Waals surface area contributed by atoms with Crippen molar-refractivity contribution in [3.05, 3.63) is 25.3 Å². The van der Waals surface area contributed by atoms with Crippen molar-refractivity contribution in [3.8, 4) is 0 Å². The first-order valence-corrected chi connectivity index (χ1v) is 6.00. The number of hydrogen-bond acceptors (Lipinski definition) is 6. The molecule has 2 aromatic rings. The maximum absolute atomic E-state index is 4.12. The summed E-state index contributed by atoms with van der Waals surface area (Å²) in [5.41, 5.74) is 0. The summed E-state index contributed by atoms with van der Waals surface area (Å²) in [7, 11) is 0. The van der Waals surface area contributed by atoms with E-state index in [2.05, 4.69) is 30.0 Å². The molecule has 3 heterocycles. The number of nitrogens with zero attached hydrogens (tertiary/aromatic N) is 8. The molecule has 0 bridgehead atoms. The second-order valence-electron chi connectivity index (χ2n) is 4.39. The molecule has 0 amide bonds. The van der Waals surface area contributed by atoms with Gasteiger partial charge in [0.1, 0.15) is 25.3 Å². The summed E-state index contributed by atoms with van der Waals surface area (Å²) < 4.78 is 3.71. The van der Waals surface area contributed by atoms with Gasteiger partial charge in [0.2, 0.25) is 0 Å². The zero-order valence-corrected chi connectivity index (χ0v) is 10.1. The van der Waals surface area contributed by atoms with Crippen LogP contribution in [-0.2, 0) is 13.3 Å². The smallest absolute Gasteiger partial charge is 0.137 e. The maximum Gasteiger partial charge on any atom is 0.137 e. The highest BCUT2D eigenvalue weighted by molar-refractivity contribution is 4.70. The number of hydrogen-bond donors (Lipinski definition) is 0. The van der Waals surface area contributed by atoms with E-state index in [4.69, 9.17) is 0 Å². The Kier molecular flexibility index (Phi) is 3.29. The lowest BCUT2D eigenvalue weighted by Gasteiger charge is -2.34. The van der Waals surface area contributed by atoms with Crippen LogP contribution < -0.4 is 0 Å². The highest BCUT2D eigenvalue weighted by Crippen LogP contribution is 2.03. The van der Waals surface area contributed by atoms with E-state index in [1.807, 2.05) is 9.36 Å². The molecule has 1 saturated heterocycles. The molecule has 0 unspecified atom stereocenters. The highest BCUT2D eigenvalue weighted by Gasteiger charge is 2.17. The van der Waals surface area contributed by atoms with Crippen molar-refractivity contribution in [2.75, 3.05) is 26.2 Å². The second kappa shape index (κ2) is 5.23. The second-order valence-corrected chi connectivity index (χ2v) is 4.39. The van der Waals surface area contributed by atoms with Gasteiger partial charge in [0.05, 0.1) is 13.3 Å². The molecular formula is C10H16N8. The molecular weight excluding hydrogens is 232 g/mol. The summed E-state index contributed by atoms with van der Waals surface area (Å²) in [6.07, 6.45) is 6.64. The summed E-state index contributed by atoms with van der Waals surface area (Å²) in [6, 6.07) is 0. The molecule has 8 nitrogen and oxygen atoms in total. The zero-order valence-electron chi connectivity index (χ0n) is 10.1. The lowest BCUT2D eigenvalue weighted by molar-refractivity contribution is 0.0803. The third-order valence-corrected chi connectivity index (χ3v) is 3.09. The minimum atomic E-state index is 0.817. The lowest BCUT2D eigenvalue weighted by atomic mass is 10.3. The standard InChI is InChI=1S/C10H16N8/c1-2-16(10-18-8-12-6-14-18)4-3-15(1)9-17-7-11-5-13-17/h5-8H,1-4,9-10H2. The Bertz CT molecular complexity index is 398. The summed E-state index contributed by atoms with van der Waals surface area (Å²) in [6.45, 7) is 5.78. The van der Waals surface area contributed by atoms with Crippen LogP contribution in [0.2, 0.25) is 0 Å². The molecule has 96 valence electrons. The quantitative estimate of drug-likeness (QED) is 0.698. The topological polar surface area (TPSA) is 67.9 Å². The van der Waals surface area contributed by atoms with E-state index in [0.29, 0.717) is 0 Å². The Morgan fingerprint density at radius 1 is 0.722 bits per heavy atom. The molecule has 0 saturated carbocycles. The Morgan fingerprint density at radius 2 is 1.17 bits per heavy atom. The summed E-state index contributed by atoms with van der Waals surface area (Å²) >= 11 is 0. The van der Waals surface area contributed by atoms with Gasteiger partial charge in [0.15, 0.2) is 0 Å². The predicted octanol–water partition coefficient (Wildman–Crippen LogP) is -0.898. The third-order valence-electron chi connectivity index (χ3n) is 3.09. The van der Waals surface area contributed by atoms with Gasteiger partial charge in [-0.2, -0.15) is 10.2 Å².